The Balaban J connectivity index is 2.47. The Morgan fingerprint density at radius 1 is 1.30 bits per heavy atom. The lowest BCUT2D eigenvalue weighted by Crippen LogP contribution is -2.24. The van der Waals surface area contributed by atoms with Gasteiger partial charge in [-0.3, -0.25) is 0 Å². The maximum atomic E-state index is 12.0. The van der Waals surface area contributed by atoms with Gasteiger partial charge < -0.3 is 10.1 Å². The summed E-state index contributed by atoms with van der Waals surface area (Å²) in [5.74, 6) is 0. The molecule has 0 amide bonds. The summed E-state index contributed by atoms with van der Waals surface area (Å²) in [5, 5.41) is 3.37. The van der Waals surface area contributed by atoms with Gasteiger partial charge in [0.15, 0.2) is 0 Å². The van der Waals surface area contributed by atoms with Crippen LogP contribution in [0.5, 0.6) is 0 Å². The Kier molecular flexibility index (Phi) is 7.55. The Bertz CT molecular complexity index is 379. The van der Waals surface area contributed by atoms with E-state index in [4.69, 9.17) is 4.74 Å². The molecule has 1 rings (SSSR count). The van der Waals surface area contributed by atoms with E-state index in [-0.39, 0.29) is 12.6 Å². The SMILES string of the molecule is CCCNC(CCOCC(F)(F)F)c1ccc(CC)s1. The molecule has 2 nitrogen and oxygen atoms in total. The van der Waals surface area contributed by atoms with Gasteiger partial charge in [0, 0.05) is 22.4 Å². The van der Waals surface area contributed by atoms with Gasteiger partial charge in [0.05, 0.1) is 0 Å². The normalized spacial score (nSPS) is 13.7. The van der Waals surface area contributed by atoms with Crippen LogP contribution in [0.25, 0.3) is 0 Å². The van der Waals surface area contributed by atoms with Crippen LogP contribution in [0.3, 0.4) is 0 Å². The van der Waals surface area contributed by atoms with E-state index in [0.29, 0.717) is 6.42 Å². The van der Waals surface area contributed by atoms with Crippen LogP contribution >= 0.6 is 11.3 Å². The van der Waals surface area contributed by atoms with Crippen molar-refractivity contribution in [2.75, 3.05) is 19.8 Å². The van der Waals surface area contributed by atoms with Crippen LogP contribution in [0.2, 0.25) is 0 Å². The minimum atomic E-state index is -4.25. The lowest BCUT2D eigenvalue weighted by Gasteiger charge is -2.17. The number of alkyl halides is 3. The Morgan fingerprint density at radius 3 is 2.60 bits per heavy atom. The van der Waals surface area contributed by atoms with Crippen molar-refractivity contribution in [2.24, 2.45) is 0 Å². The molecule has 0 spiro atoms. The molecule has 0 aliphatic rings. The van der Waals surface area contributed by atoms with E-state index in [1.165, 1.54) is 9.75 Å². The van der Waals surface area contributed by atoms with E-state index in [1.807, 2.05) is 0 Å². The van der Waals surface area contributed by atoms with Gasteiger partial charge in [-0.15, -0.1) is 11.3 Å². The molecule has 0 aromatic carbocycles. The van der Waals surface area contributed by atoms with Gasteiger partial charge in [-0.05, 0) is 37.9 Å². The highest BCUT2D eigenvalue weighted by molar-refractivity contribution is 7.12. The molecule has 0 saturated carbocycles. The first-order valence-electron chi connectivity index (χ1n) is 6.92. The Labute approximate surface area is 122 Å². The van der Waals surface area contributed by atoms with Crippen molar-refractivity contribution in [3.63, 3.8) is 0 Å². The maximum Gasteiger partial charge on any atom is 0.411 e. The van der Waals surface area contributed by atoms with Crippen molar-refractivity contribution in [2.45, 2.75) is 45.3 Å². The van der Waals surface area contributed by atoms with Gasteiger partial charge in [-0.25, -0.2) is 0 Å². The lowest BCUT2D eigenvalue weighted by atomic mass is 10.1. The molecule has 0 radical (unpaired) electrons. The first-order chi connectivity index (χ1) is 9.46. The van der Waals surface area contributed by atoms with Crippen LogP contribution in [0.15, 0.2) is 12.1 Å². The fourth-order valence-electron chi connectivity index (χ4n) is 1.82. The minimum Gasteiger partial charge on any atom is -0.372 e. The summed E-state index contributed by atoms with van der Waals surface area (Å²) >= 11 is 1.71. The second-order valence-electron chi connectivity index (χ2n) is 4.62. The van der Waals surface area contributed by atoms with Crippen molar-refractivity contribution in [1.29, 1.82) is 0 Å². The van der Waals surface area contributed by atoms with E-state index >= 15 is 0 Å². The lowest BCUT2D eigenvalue weighted by molar-refractivity contribution is -0.174. The number of aryl methyl sites for hydroxylation is 1. The molecule has 0 aliphatic heterocycles. The standard InChI is InChI=1S/C14H22F3NOS/c1-3-8-18-12(7-9-19-10-14(15,16)17)13-6-5-11(4-2)20-13/h5-6,12,18H,3-4,7-10H2,1-2H3. The molecule has 0 fully saturated rings. The molecule has 1 atom stereocenters. The average Bonchev–Trinajstić information content (AvgIpc) is 2.85. The Morgan fingerprint density at radius 2 is 2.05 bits per heavy atom. The highest BCUT2D eigenvalue weighted by Gasteiger charge is 2.27. The zero-order chi connectivity index (χ0) is 15.0. The summed E-state index contributed by atoms with van der Waals surface area (Å²) in [6.45, 7) is 3.95. The van der Waals surface area contributed by atoms with Crippen molar-refractivity contribution < 1.29 is 17.9 Å². The van der Waals surface area contributed by atoms with Gasteiger partial charge in [0.1, 0.15) is 6.61 Å². The van der Waals surface area contributed by atoms with Gasteiger partial charge >= 0.3 is 6.18 Å². The quantitative estimate of drug-likeness (QED) is 0.686. The zero-order valence-corrected chi connectivity index (χ0v) is 12.7. The van der Waals surface area contributed by atoms with Crippen LogP contribution in [-0.2, 0) is 11.2 Å². The number of hydrogen-bond acceptors (Lipinski definition) is 3. The van der Waals surface area contributed by atoms with E-state index in [9.17, 15) is 13.2 Å². The Hall–Kier alpha value is -0.590. The molecule has 0 bridgehead atoms. The number of ether oxygens (including phenoxy) is 1. The van der Waals surface area contributed by atoms with Crippen molar-refractivity contribution in [3.8, 4) is 0 Å². The molecular weight excluding hydrogens is 287 g/mol. The third kappa shape index (κ3) is 6.72. The van der Waals surface area contributed by atoms with Crippen LogP contribution in [0, 0.1) is 0 Å². The average molecular weight is 309 g/mol. The van der Waals surface area contributed by atoms with Crippen LogP contribution in [0.1, 0.15) is 42.5 Å². The second kappa shape index (κ2) is 8.64. The molecule has 6 heteroatoms. The predicted octanol–water partition coefficient (Wildman–Crippen LogP) is 4.32. The molecule has 20 heavy (non-hydrogen) atoms. The largest absolute Gasteiger partial charge is 0.411 e. The summed E-state index contributed by atoms with van der Waals surface area (Å²) in [6, 6.07) is 4.21. The summed E-state index contributed by atoms with van der Waals surface area (Å²) < 4.78 is 40.8. The molecule has 1 N–H and O–H groups in total. The van der Waals surface area contributed by atoms with Crippen LogP contribution < -0.4 is 5.32 Å². The monoisotopic (exact) mass is 309 g/mol. The van der Waals surface area contributed by atoms with Gasteiger partial charge in [-0.1, -0.05) is 13.8 Å². The summed E-state index contributed by atoms with van der Waals surface area (Å²) in [6.07, 6.45) is -1.72. The topological polar surface area (TPSA) is 21.3 Å². The first kappa shape index (κ1) is 17.5. The number of thiophene rings is 1. The van der Waals surface area contributed by atoms with Crippen molar-refractivity contribution in [3.05, 3.63) is 21.9 Å². The summed E-state index contributed by atoms with van der Waals surface area (Å²) in [7, 11) is 0. The van der Waals surface area contributed by atoms with E-state index in [1.54, 1.807) is 11.3 Å². The summed E-state index contributed by atoms with van der Waals surface area (Å²) in [4.78, 5) is 2.46. The zero-order valence-electron chi connectivity index (χ0n) is 11.9. The fraction of sp³-hybridized carbons (Fsp3) is 0.714. The van der Waals surface area contributed by atoms with Crippen molar-refractivity contribution >= 4 is 11.3 Å². The van der Waals surface area contributed by atoms with Crippen LogP contribution in [-0.4, -0.2) is 25.9 Å². The number of rotatable bonds is 9. The van der Waals surface area contributed by atoms with Gasteiger partial charge in [-0.2, -0.15) is 13.2 Å². The predicted molar refractivity (Wildman–Crippen MR) is 76.2 cm³/mol. The highest BCUT2D eigenvalue weighted by Crippen LogP contribution is 2.26. The van der Waals surface area contributed by atoms with Gasteiger partial charge in [0.2, 0.25) is 0 Å². The third-order valence-electron chi connectivity index (χ3n) is 2.83. The molecule has 1 aromatic heterocycles. The van der Waals surface area contributed by atoms with E-state index < -0.39 is 12.8 Å². The molecular formula is C14H22F3NOS. The molecule has 0 saturated heterocycles. The smallest absolute Gasteiger partial charge is 0.372 e. The second-order valence-corrected chi connectivity index (χ2v) is 5.82. The maximum absolute atomic E-state index is 12.0. The van der Waals surface area contributed by atoms with E-state index in [0.717, 1.165) is 19.4 Å². The number of halogens is 3. The molecule has 0 aliphatic carbocycles. The fourth-order valence-corrected chi connectivity index (χ4v) is 2.89. The number of hydrogen-bond donors (Lipinski definition) is 1. The van der Waals surface area contributed by atoms with Gasteiger partial charge in [0.25, 0.3) is 0 Å². The molecule has 1 heterocycles. The van der Waals surface area contributed by atoms with E-state index in [2.05, 4.69) is 31.3 Å². The molecule has 116 valence electrons. The molecule has 1 unspecified atom stereocenters. The van der Waals surface area contributed by atoms with Crippen LogP contribution in [0.4, 0.5) is 13.2 Å². The highest BCUT2D eigenvalue weighted by atomic mass is 32.1. The number of nitrogens with one attached hydrogen (secondary N) is 1. The van der Waals surface area contributed by atoms with Crippen molar-refractivity contribution in [1.82, 2.24) is 5.32 Å². The third-order valence-corrected chi connectivity index (χ3v) is 4.17. The first-order valence-corrected chi connectivity index (χ1v) is 7.74. The molecule has 1 aromatic rings. The minimum absolute atomic E-state index is 0.0773. The summed E-state index contributed by atoms with van der Waals surface area (Å²) in [5.41, 5.74) is 0.